The number of fused-ring (bicyclic) bond motifs is 1. The lowest BCUT2D eigenvalue weighted by atomic mass is 9.82. The van der Waals surface area contributed by atoms with Crippen molar-refractivity contribution >= 4 is 17.6 Å². The maximum Gasteiger partial charge on any atom is 0.225 e. The first-order valence-electron chi connectivity index (χ1n) is 12.1. The molecular formula is C26H32N4O4. The van der Waals surface area contributed by atoms with Gasteiger partial charge in [0.2, 0.25) is 11.9 Å². The molecule has 2 saturated heterocycles. The summed E-state index contributed by atoms with van der Waals surface area (Å²) < 4.78 is 11.7. The number of ether oxygens (including phenoxy) is 2. The summed E-state index contributed by atoms with van der Waals surface area (Å²) in [4.78, 5) is 39.4. The molecule has 1 aromatic carbocycles. The lowest BCUT2D eigenvalue weighted by Crippen LogP contribution is -2.53. The third-order valence-electron chi connectivity index (χ3n) is 7.38. The van der Waals surface area contributed by atoms with E-state index in [1.54, 1.807) is 25.3 Å². The van der Waals surface area contributed by atoms with Crippen molar-refractivity contribution in [3.05, 3.63) is 41.2 Å². The first-order chi connectivity index (χ1) is 16.4. The molecule has 0 saturated carbocycles. The van der Waals surface area contributed by atoms with E-state index in [1.165, 1.54) is 0 Å². The van der Waals surface area contributed by atoms with E-state index in [1.807, 2.05) is 24.8 Å². The van der Waals surface area contributed by atoms with Gasteiger partial charge in [-0.15, -0.1) is 0 Å². The van der Waals surface area contributed by atoms with Crippen molar-refractivity contribution in [2.75, 3.05) is 38.2 Å². The van der Waals surface area contributed by atoms with Gasteiger partial charge in [0.15, 0.2) is 5.78 Å². The van der Waals surface area contributed by atoms with Gasteiger partial charge >= 0.3 is 0 Å². The number of aryl methyl sites for hydroxylation is 2. The number of hydrogen-bond donors (Lipinski definition) is 0. The number of hydrogen-bond acceptors (Lipinski definition) is 7. The van der Waals surface area contributed by atoms with Crippen molar-refractivity contribution in [2.45, 2.75) is 51.6 Å². The summed E-state index contributed by atoms with van der Waals surface area (Å²) in [6.07, 6.45) is 3.30. The zero-order valence-electron chi connectivity index (χ0n) is 20.2. The normalized spacial score (nSPS) is 20.1. The average molecular weight is 465 g/mol. The summed E-state index contributed by atoms with van der Waals surface area (Å²) in [7, 11) is 1.60. The van der Waals surface area contributed by atoms with Gasteiger partial charge in [0, 0.05) is 62.4 Å². The third kappa shape index (κ3) is 4.33. The second-order valence-corrected chi connectivity index (χ2v) is 9.78. The quantitative estimate of drug-likeness (QED) is 0.689. The largest absolute Gasteiger partial charge is 0.497 e. The summed E-state index contributed by atoms with van der Waals surface area (Å²) in [6.45, 7) is 6.77. The maximum absolute atomic E-state index is 13.3. The van der Waals surface area contributed by atoms with E-state index in [4.69, 9.17) is 9.47 Å². The van der Waals surface area contributed by atoms with E-state index in [0.717, 1.165) is 43.3 Å². The van der Waals surface area contributed by atoms with E-state index in [2.05, 4.69) is 14.9 Å². The Morgan fingerprint density at radius 2 is 1.74 bits per heavy atom. The monoisotopic (exact) mass is 464 g/mol. The number of anilines is 1. The number of carbonyl (C=O) groups is 2. The summed E-state index contributed by atoms with van der Waals surface area (Å²) in [5.41, 5.74) is 2.01. The number of aromatic nitrogens is 2. The van der Waals surface area contributed by atoms with E-state index in [9.17, 15) is 9.59 Å². The number of nitrogens with zero attached hydrogens (tertiary/aromatic N) is 4. The average Bonchev–Trinajstić information content (AvgIpc) is 2.83. The standard InChI is InChI=1S/C26H32N4O4/c1-17-14-18(2)28-25(27-17)30-10-6-19(7-11-30)24(32)29-12-8-26(9-13-29)16-22(31)21-5-4-20(33-3)15-23(21)34-26/h4-5,14-15,19H,6-13,16H2,1-3H3. The third-order valence-corrected chi connectivity index (χ3v) is 7.38. The summed E-state index contributed by atoms with van der Waals surface area (Å²) in [5, 5.41) is 0. The molecule has 8 heteroatoms. The van der Waals surface area contributed by atoms with Gasteiger partial charge in [-0.2, -0.15) is 0 Å². The molecule has 5 rings (SSSR count). The van der Waals surface area contributed by atoms with Crippen LogP contribution in [-0.2, 0) is 4.79 Å². The molecule has 3 aliphatic heterocycles. The van der Waals surface area contributed by atoms with Crippen LogP contribution in [0.1, 0.15) is 53.8 Å². The smallest absolute Gasteiger partial charge is 0.225 e. The number of carbonyl (C=O) groups excluding carboxylic acids is 2. The highest BCUT2D eigenvalue weighted by molar-refractivity contribution is 6.00. The molecule has 0 atom stereocenters. The van der Waals surface area contributed by atoms with Gasteiger partial charge in [0.25, 0.3) is 0 Å². The second kappa shape index (κ2) is 8.89. The molecule has 2 aromatic rings. The highest BCUT2D eigenvalue weighted by atomic mass is 16.5. The summed E-state index contributed by atoms with van der Waals surface area (Å²) >= 11 is 0. The summed E-state index contributed by atoms with van der Waals surface area (Å²) in [5.74, 6) is 2.38. The molecule has 2 fully saturated rings. The molecule has 0 N–H and O–H groups in total. The molecule has 1 spiro atoms. The van der Waals surface area contributed by atoms with E-state index in [-0.39, 0.29) is 17.6 Å². The van der Waals surface area contributed by atoms with Crippen molar-refractivity contribution in [1.29, 1.82) is 0 Å². The molecule has 0 radical (unpaired) electrons. The lowest BCUT2D eigenvalue weighted by molar-refractivity contribution is -0.139. The van der Waals surface area contributed by atoms with Crippen LogP contribution in [0.2, 0.25) is 0 Å². The molecule has 0 bridgehead atoms. The number of likely N-dealkylation sites (tertiary alicyclic amines) is 1. The Hall–Kier alpha value is -3.16. The number of Topliss-reactive ketones (excluding diaryl/α,β-unsaturated/α-hetero) is 1. The Morgan fingerprint density at radius 3 is 2.38 bits per heavy atom. The van der Waals surface area contributed by atoms with E-state index >= 15 is 0 Å². The van der Waals surface area contributed by atoms with Crippen molar-refractivity contribution < 1.29 is 19.1 Å². The SMILES string of the molecule is COc1ccc2c(c1)OC1(CCN(C(=O)C3CCN(c4nc(C)cc(C)n4)CC3)CC1)CC2=O. The predicted octanol–water partition coefficient (Wildman–Crippen LogP) is 3.35. The Morgan fingerprint density at radius 1 is 1.06 bits per heavy atom. The number of benzene rings is 1. The van der Waals surface area contributed by atoms with Crippen LogP contribution < -0.4 is 14.4 Å². The van der Waals surface area contributed by atoms with Gasteiger partial charge < -0.3 is 19.3 Å². The van der Waals surface area contributed by atoms with Crippen LogP contribution in [0.15, 0.2) is 24.3 Å². The van der Waals surface area contributed by atoms with Gasteiger partial charge in [-0.3, -0.25) is 9.59 Å². The van der Waals surface area contributed by atoms with Crippen molar-refractivity contribution in [1.82, 2.24) is 14.9 Å². The number of piperidine rings is 2. The summed E-state index contributed by atoms with van der Waals surface area (Å²) in [6, 6.07) is 7.33. The lowest BCUT2D eigenvalue weighted by Gasteiger charge is -2.45. The molecular weight excluding hydrogens is 432 g/mol. The molecule has 180 valence electrons. The molecule has 0 aliphatic carbocycles. The minimum Gasteiger partial charge on any atom is -0.497 e. The molecule has 0 unspecified atom stereocenters. The molecule has 1 aromatic heterocycles. The van der Waals surface area contributed by atoms with Crippen LogP contribution in [0.25, 0.3) is 0 Å². The molecule has 34 heavy (non-hydrogen) atoms. The number of methoxy groups -OCH3 is 1. The van der Waals surface area contributed by atoms with Crippen LogP contribution in [0.5, 0.6) is 11.5 Å². The molecule has 4 heterocycles. The fourth-order valence-corrected chi connectivity index (χ4v) is 5.45. The number of rotatable bonds is 3. The number of amides is 1. The highest BCUT2D eigenvalue weighted by Crippen LogP contribution is 2.41. The molecule has 3 aliphatic rings. The van der Waals surface area contributed by atoms with E-state index < -0.39 is 5.60 Å². The molecule has 8 nitrogen and oxygen atoms in total. The van der Waals surface area contributed by atoms with Crippen LogP contribution in [0.4, 0.5) is 5.95 Å². The Labute approximate surface area is 200 Å². The topological polar surface area (TPSA) is 84.9 Å². The van der Waals surface area contributed by atoms with Gasteiger partial charge in [-0.1, -0.05) is 0 Å². The molecule has 1 amide bonds. The van der Waals surface area contributed by atoms with Crippen molar-refractivity contribution in [3.63, 3.8) is 0 Å². The Bertz CT molecular complexity index is 1080. The van der Waals surface area contributed by atoms with Gasteiger partial charge in [-0.05, 0) is 44.9 Å². The zero-order chi connectivity index (χ0) is 23.9. The zero-order valence-corrected chi connectivity index (χ0v) is 20.2. The minimum absolute atomic E-state index is 0.0232. The maximum atomic E-state index is 13.3. The van der Waals surface area contributed by atoms with Crippen LogP contribution >= 0.6 is 0 Å². The van der Waals surface area contributed by atoms with Crippen LogP contribution in [-0.4, -0.2) is 65.4 Å². The Kier molecular flexibility index (Phi) is 5.91. The van der Waals surface area contributed by atoms with Crippen LogP contribution in [0, 0.1) is 19.8 Å². The van der Waals surface area contributed by atoms with Crippen LogP contribution in [0.3, 0.4) is 0 Å². The van der Waals surface area contributed by atoms with E-state index in [0.29, 0.717) is 49.4 Å². The Balaban J connectivity index is 1.18. The number of ketones is 1. The first kappa shape index (κ1) is 22.6. The minimum atomic E-state index is -0.531. The van der Waals surface area contributed by atoms with Gasteiger partial charge in [-0.25, -0.2) is 9.97 Å². The van der Waals surface area contributed by atoms with Gasteiger partial charge in [0.1, 0.15) is 17.1 Å². The fourth-order valence-electron chi connectivity index (χ4n) is 5.45. The van der Waals surface area contributed by atoms with Gasteiger partial charge in [0.05, 0.1) is 19.1 Å². The second-order valence-electron chi connectivity index (χ2n) is 9.78. The highest BCUT2D eigenvalue weighted by Gasteiger charge is 2.44. The fraction of sp³-hybridized carbons (Fsp3) is 0.538. The van der Waals surface area contributed by atoms with Crippen molar-refractivity contribution in [2.24, 2.45) is 5.92 Å². The van der Waals surface area contributed by atoms with Crippen molar-refractivity contribution in [3.8, 4) is 11.5 Å². The first-order valence-corrected chi connectivity index (χ1v) is 12.1. The predicted molar refractivity (Wildman–Crippen MR) is 128 cm³/mol.